The molecule has 1 aliphatic heterocycles. The number of imide groups is 1. The number of hydrogen-bond acceptors (Lipinski definition) is 9. The summed E-state index contributed by atoms with van der Waals surface area (Å²) >= 11 is 0. The van der Waals surface area contributed by atoms with Gasteiger partial charge in [0.2, 0.25) is 5.75 Å². The number of nitrogens with zero attached hydrogens (tertiary/aromatic N) is 4. The molecule has 0 unspecified atom stereocenters. The molecule has 3 aromatic rings. The van der Waals surface area contributed by atoms with E-state index in [1.54, 1.807) is 0 Å². The van der Waals surface area contributed by atoms with Crippen LogP contribution in [0, 0.1) is 30.3 Å². The van der Waals surface area contributed by atoms with Gasteiger partial charge < -0.3 is 4.84 Å². The van der Waals surface area contributed by atoms with Crippen LogP contribution in [0.1, 0.15) is 20.7 Å². The van der Waals surface area contributed by atoms with Gasteiger partial charge in [-0.25, -0.2) is 0 Å². The first kappa shape index (κ1) is 19.4. The third-order valence-corrected chi connectivity index (χ3v) is 4.58. The highest BCUT2D eigenvalue weighted by molar-refractivity contribution is 6.25. The highest BCUT2D eigenvalue weighted by Gasteiger charge is 2.38. The second-order valence-electron chi connectivity index (χ2n) is 6.28. The number of hydroxylamine groups is 2. The monoisotopic (exact) mass is 424 g/mol. The van der Waals surface area contributed by atoms with Gasteiger partial charge in [0.1, 0.15) is 0 Å². The summed E-state index contributed by atoms with van der Waals surface area (Å²) in [6, 6.07) is 8.79. The van der Waals surface area contributed by atoms with Gasteiger partial charge in [0.05, 0.1) is 37.3 Å². The molecule has 0 aliphatic carbocycles. The summed E-state index contributed by atoms with van der Waals surface area (Å²) in [7, 11) is 0. The highest BCUT2D eigenvalue weighted by atomic mass is 16.7. The van der Waals surface area contributed by atoms with Crippen molar-refractivity contribution >= 4 is 39.6 Å². The summed E-state index contributed by atoms with van der Waals surface area (Å²) < 4.78 is 0. The first-order valence-electron chi connectivity index (χ1n) is 8.40. The molecular formula is C18H8N4O9. The molecule has 0 aromatic heterocycles. The second kappa shape index (κ2) is 6.84. The Morgan fingerprint density at radius 3 is 2.00 bits per heavy atom. The number of carbonyl (C=O) groups excluding carboxylic acids is 2. The van der Waals surface area contributed by atoms with E-state index in [2.05, 4.69) is 0 Å². The van der Waals surface area contributed by atoms with E-state index < -0.39 is 43.7 Å². The standard InChI is InChI=1S/C18H8N4O9/c23-17-11-3-1-2-10-13(21(27)28)6-5-12(16(10)11)18(24)19(17)31-15-7-4-9(20(25)26)8-14(15)22(29)30/h1-8H. The zero-order valence-electron chi connectivity index (χ0n) is 15.1. The van der Waals surface area contributed by atoms with Crippen LogP contribution in [0.15, 0.2) is 48.5 Å². The van der Waals surface area contributed by atoms with Crippen molar-refractivity contribution in [3.05, 3.63) is 90.0 Å². The zero-order chi connectivity index (χ0) is 22.4. The summed E-state index contributed by atoms with van der Waals surface area (Å²) in [6.45, 7) is 0. The number of hydrogen-bond donors (Lipinski definition) is 0. The minimum atomic E-state index is -1.00. The molecule has 1 heterocycles. The van der Waals surface area contributed by atoms with Crippen LogP contribution in [0.25, 0.3) is 10.8 Å². The molecule has 13 heteroatoms. The van der Waals surface area contributed by atoms with Crippen molar-refractivity contribution in [1.82, 2.24) is 5.06 Å². The quantitative estimate of drug-likeness (QED) is 0.338. The molecule has 3 aromatic carbocycles. The smallest absolute Gasteiger partial charge is 0.321 e. The maximum absolute atomic E-state index is 12.9. The van der Waals surface area contributed by atoms with E-state index >= 15 is 0 Å². The van der Waals surface area contributed by atoms with E-state index in [9.17, 15) is 39.9 Å². The molecule has 0 saturated heterocycles. The van der Waals surface area contributed by atoms with Crippen LogP contribution in [-0.4, -0.2) is 31.6 Å². The van der Waals surface area contributed by atoms with Crippen molar-refractivity contribution < 1.29 is 29.2 Å². The molecule has 0 bridgehead atoms. The topological polar surface area (TPSA) is 176 Å². The molecule has 0 saturated carbocycles. The normalized spacial score (nSPS) is 12.7. The average Bonchev–Trinajstić information content (AvgIpc) is 2.74. The fourth-order valence-electron chi connectivity index (χ4n) is 3.24. The fourth-order valence-corrected chi connectivity index (χ4v) is 3.24. The second-order valence-corrected chi connectivity index (χ2v) is 6.28. The van der Waals surface area contributed by atoms with Gasteiger partial charge in [0.25, 0.3) is 23.2 Å². The van der Waals surface area contributed by atoms with Gasteiger partial charge in [-0.15, -0.1) is 0 Å². The average molecular weight is 424 g/mol. The Kier molecular flexibility index (Phi) is 4.27. The first-order chi connectivity index (χ1) is 14.7. The molecule has 4 rings (SSSR count). The Morgan fingerprint density at radius 2 is 1.39 bits per heavy atom. The molecule has 154 valence electrons. The number of non-ortho nitro benzene ring substituents is 2. The van der Waals surface area contributed by atoms with Gasteiger partial charge in [-0.2, -0.15) is 0 Å². The van der Waals surface area contributed by atoms with Crippen LogP contribution in [0.3, 0.4) is 0 Å². The third-order valence-electron chi connectivity index (χ3n) is 4.58. The molecule has 0 fully saturated rings. The van der Waals surface area contributed by atoms with Crippen molar-refractivity contribution in [2.24, 2.45) is 0 Å². The van der Waals surface area contributed by atoms with Crippen LogP contribution in [0.4, 0.5) is 17.1 Å². The van der Waals surface area contributed by atoms with Crippen molar-refractivity contribution in [2.75, 3.05) is 0 Å². The Morgan fingerprint density at radius 1 is 0.742 bits per heavy atom. The predicted octanol–water partition coefficient (Wildman–Crippen LogP) is 3.15. The summed E-state index contributed by atoms with van der Waals surface area (Å²) in [6.07, 6.45) is 0. The van der Waals surface area contributed by atoms with Crippen molar-refractivity contribution in [1.29, 1.82) is 0 Å². The van der Waals surface area contributed by atoms with Crippen molar-refractivity contribution in [3.63, 3.8) is 0 Å². The molecule has 0 radical (unpaired) electrons. The third kappa shape index (κ3) is 2.96. The highest BCUT2D eigenvalue weighted by Crippen LogP contribution is 2.37. The lowest BCUT2D eigenvalue weighted by molar-refractivity contribution is -0.395. The SMILES string of the molecule is O=C1c2cccc3c([N+](=O)[O-])ccc(c23)C(=O)N1Oc1ccc([N+](=O)[O-])cc1[N+](=O)[O-]. The van der Waals surface area contributed by atoms with E-state index in [4.69, 9.17) is 4.84 Å². The molecule has 31 heavy (non-hydrogen) atoms. The summed E-state index contributed by atoms with van der Waals surface area (Å²) in [5.74, 6) is -2.58. The molecule has 0 N–H and O–H groups in total. The molecule has 0 atom stereocenters. The van der Waals surface area contributed by atoms with Crippen LogP contribution in [0.5, 0.6) is 5.75 Å². The molecule has 13 nitrogen and oxygen atoms in total. The molecular weight excluding hydrogens is 416 g/mol. The van der Waals surface area contributed by atoms with Crippen molar-refractivity contribution in [2.45, 2.75) is 0 Å². The molecule has 0 spiro atoms. The number of carbonyl (C=O) groups is 2. The predicted molar refractivity (Wildman–Crippen MR) is 101 cm³/mol. The van der Waals surface area contributed by atoms with Crippen LogP contribution in [0.2, 0.25) is 0 Å². The number of nitro benzene ring substituents is 3. The van der Waals surface area contributed by atoms with E-state index in [-0.39, 0.29) is 32.6 Å². The summed E-state index contributed by atoms with van der Waals surface area (Å²) in [4.78, 5) is 62.0. The lowest BCUT2D eigenvalue weighted by atomic mass is 9.94. The van der Waals surface area contributed by atoms with Crippen LogP contribution >= 0.6 is 0 Å². The Labute approximate surface area is 170 Å². The fraction of sp³-hybridized carbons (Fsp3) is 0. The maximum Gasteiger partial charge on any atom is 0.321 e. The minimum Gasteiger partial charge on any atom is -0.361 e. The lowest BCUT2D eigenvalue weighted by Crippen LogP contribution is -2.42. The maximum atomic E-state index is 12.9. The van der Waals surface area contributed by atoms with Crippen LogP contribution < -0.4 is 4.84 Å². The first-order valence-corrected chi connectivity index (χ1v) is 8.40. The van der Waals surface area contributed by atoms with Gasteiger partial charge >= 0.3 is 5.69 Å². The Bertz CT molecular complexity index is 1330. The van der Waals surface area contributed by atoms with Gasteiger partial charge in [0, 0.05) is 17.5 Å². The van der Waals surface area contributed by atoms with Crippen LogP contribution in [-0.2, 0) is 0 Å². The van der Waals surface area contributed by atoms with E-state index in [0.29, 0.717) is 6.07 Å². The van der Waals surface area contributed by atoms with Gasteiger partial charge in [-0.05, 0) is 24.3 Å². The van der Waals surface area contributed by atoms with E-state index in [0.717, 1.165) is 24.3 Å². The number of rotatable bonds is 5. The van der Waals surface area contributed by atoms with E-state index in [1.165, 1.54) is 18.2 Å². The Hall–Kier alpha value is -4.94. The van der Waals surface area contributed by atoms with Gasteiger partial charge in [-0.3, -0.25) is 39.9 Å². The van der Waals surface area contributed by atoms with E-state index in [1.807, 2.05) is 0 Å². The summed E-state index contributed by atoms with van der Waals surface area (Å²) in [5.41, 5.74) is -1.89. The molecule has 1 aliphatic rings. The largest absolute Gasteiger partial charge is 0.361 e. The molecule has 2 amide bonds. The Balaban J connectivity index is 1.83. The minimum absolute atomic E-state index is 0.0600. The number of amides is 2. The summed E-state index contributed by atoms with van der Waals surface area (Å²) in [5, 5.41) is 33.9. The zero-order valence-corrected chi connectivity index (χ0v) is 15.1. The van der Waals surface area contributed by atoms with Gasteiger partial charge in [0.15, 0.2) is 0 Å². The number of nitro groups is 3. The van der Waals surface area contributed by atoms with Gasteiger partial charge in [-0.1, -0.05) is 11.1 Å². The lowest BCUT2D eigenvalue weighted by Gasteiger charge is -2.25. The number of benzene rings is 3. The van der Waals surface area contributed by atoms with Crippen molar-refractivity contribution in [3.8, 4) is 5.75 Å².